The lowest BCUT2D eigenvalue weighted by atomic mass is 10.1. The van der Waals surface area contributed by atoms with Crippen LogP contribution < -0.4 is 10.1 Å². The average Bonchev–Trinajstić information content (AvgIpc) is 2.87. The Morgan fingerprint density at radius 1 is 1.22 bits per heavy atom. The van der Waals surface area contributed by atoms with E-state index in [4.69, 9.17) is 4.74 Å². The van der Waals surface area contributed by atoms with E-state index in [2.05, 4.69) is 29.4 Å². The zero-order valence-electron chi connectivity index (χ0n) is 10.4. The molecule has 0 spiro atoms. The summed E-state index contributed by atoms with van der Waals surface area (Å²) in [5.74, 6) is 1.03. The molecule has 18 heavy (non-hydrogen) atoms. The van der Waals surface area contributed by atoms with Crippen LogP contribution in [0.15, 0.2) is 42.7 Å². The standard InChI is InChI=1S/C15H16N2O/c1-11(12-4-7-16-8-5-12)17-14-2-3-15-13(10-14)6-9-18-15/h2-5,7-8,10-11,17H,6,9H2,1H3. The number of benzene rings is 1. The Morgan fingerprint density at radius 2 is 2.06 bits per heavy atom. The molecule has 3 heteroatoms. The molecule has 1 aliphatic heterocycles. The number of anilines is 1. The van der Waals surface area contributed by atoms with E-state index in [9.17, 15) is 0 Å². The van der Waals surface area contributed by atoms with Gasteiger partial charge in [0.25, 0.3) is 0 Å². The molecule has 1 aromatic carbocycles. The van der Waals surface area contributed by atoms with Gasteiger partial charge in [-0.3, -0.25) is 4.98 Å². The van der Waals surface area contributed by atoms with E-state index in [0.29, 0.717) is 0 Å². The molecule has 92 valence electrons. The number of rotatable bonds is 3. The van der Waals surface area contributed by atoms with Crippen molar-refractivity contribution in [2.75, 3.05) is 11.9 Å². The average molecular weight is 240 g/mol. The fraction of sp³-hybridized carbons (Fsp3) is 0.267. The smallest absolute Gasteiger partial charge is 0.122 e. The molecule has 1 aliphatic rings. The van der Waals surface area contributed by atoms with Crippen LogP contribution in [0.4, 0.5) is 5.69 Å². The van der Waals surface area contributed by atoms with Crippen LogP contribution in [0.2, 0.25) is 0 Å². The molecule has 0 saturated heterocycles. The zero-order chi connectivity index (χ0) is 12.4. The first-order chi connectivity index (χ1) is 8.83. The Hall–Kier alpha value is -2.03. The maximum Gasteiger partial charge on any atom is 0.122 e. The minimum absolute atomic E-state index is 0.272. The summed E-state index contributed by atoms with van der Waals surface area (Å²) < 4.78 is 5.51. The summed E-state index contributed by atoms with van der Waals surface area (Å²) in [6.45, 7) is 2.96. The van der Waals surface area contributed by atoms with E-state index in [1.54, 1.807) is 0 Å². The molecule has 1 atom stereocenters. The zero-order valence-corrected chi connectivity index (χ0v) is 10.4. The van der Waals surface area contributed by atoms with E-state index < -0.39 is 0 Å². The molecule has 0 saturated carbocycles. The summed E-state index contributed by atoms with van der Waals surface area (Å²) >= 11 is 0. The number of pyridine rings is 1. The Morgan fingerprint density at radius 3 is 2.89 bits per heavy atom. The number of hydrogen-bond donors (Lipinski definition) is 1. The Bertz CT molecular complexity index is 539. The van der Waals surface area contributed by atoms with Crippen LogP contribution >= 0.6 is 0 Å². The van der Waals surface area contributed by atoms with Gasteiger partial charge in [-0.15, -0.1) is 0 Å². The van der Waals surface area contributed by atoms with Gasteiger partial charge in [0.05, 0.1) is 6.61 Å². The van der Waals surface area contributed by atoms with Crippen molar-refractivity contribution >= 4 is 5.69 Å². The highest BCUT2D eigenvalue weighted by Crippen LogP contribution is 2.29. The van der Waals surface area contributed by atoms with Gasteiger partial charge < -0.3 is 10.1 Å². The van der Waals surface area contributed by atoms with Crippen LogP contribution in [0.25, 0.3) is 0 Å². The highest BCUT2D eigenvalue weighted by atomic mass is 16.5. The van der Waals surface area contributed by atoms with E-state index >= 15 is 0 Å². The molecule has 0 aliphatic carbocycles. The molecule has 0 fully saturated rings. The van der Waals surface area contributed by atoms with E-state index in [1.807, 2.05) is 30.6 Å². The number of hydrogen-bond acceptors (Lipinski definition) is 3. The van der Waals surface area contributed by atoms with Gasteiger partial charge in [0.1, 0.15) is 5.75 Å². The predicted molar refractivity (Wildman–Crippen MR) is 71.9 cm³/mol. The topological polar surface area (TPSA) is 34.1 Å². The van der Waals surface area contributed by atoms with Crippen molar-refractivity contribution in [1.82, 2.24) is 4.98 Å². The second-order valence-corrected chi connectivity index (χ2v) is 4.57. The summed E-state index contributed by atoms with van der Waals surface area (Å²) in [7, 11) is 0. The number of nitrogens with zero attached hydrogens (tertiary/aromatic N) is 1. The monoisotopic (exact) mass is 240 g/mol. The van der Waals surface area contributed by atoms with Gasteiger partial charge >= 0.3 is 0 Å². The van der Waals surface area contributed by atoms with Crippen molar-refractivity contribution in [3.05, 3.63) is 53.9 Å². The van der Waals surface area contributed by atoms with E-state index in [1.165, 1.54) is 11.1 Å². The van der Waals surface area contributed by atoms with Crippen LogP contribution in [0, 0.1) is 0 Å². The first kappa shape index (κ1) is 11.1. The lowest BCUT2D eigenvalue weighted by Gasteiger charge is -2.16. The molecular formula is C15H16N2O. The molecule has 1 unspecified atom stereocenters. The molecular weight excluding hydrogens is 224 g/mol. The third kappa shape index (κ3) is 2.16. The molecule has 1 N–H and O–H groups in total. The van der Waals surface area contributed by atoms with Gasteiger partial charge in [-0.2, -0.15) is 0 Å². The molecule has 2 heterocycles. The summed E-state index contributed by atoms with van der Waals surface area (Å²) in [4.78, 5) is 4.04. The second kappa shape index (κ2) is 4.69. The molecule has 3 nitrogen and oxygen atoms in total. The number of ether oxygens (including phenoxy) is 1. The van der Waals surface area contributed by atoms with Crippen molar-refractivity contribution in [1.29, 1.82) is 0 Å². The predicted octanol–water partition coefficient (Wildman–Crippen LogP) is 3.19. The van der Waals surface area contributed by atoms with Crippen molar-refractivity contribution < 1.29 is 4.74 Å². The Balaban J connectivity index is 1.77. The minimum Gasteiger partial charge on any atom is -0.493 e. The summed E-state index contributed by atoms with van der Waals surface area (Å²) in [5, 5.41) is 3.50. The third-order valence-electron chi connectivity index (χ3n) is 3.28. The van der Waals surface area contributed by atoms with Crippen molar-refractivity contribution in [2.24, 2.45) is 0 Å². The number of nitrogens with one attached hydrogen (secondary N) is 1. The first-order valence-corrected chi connectivity index (χ1v) is 6.25. The first-order valence-electron chi connectivity index (χ1n) is 6.25. The van der Waals surface area contributed by atoms with E-state index in [-0.39, 0.29) is 6.04 Å². The quantitative estimate of drug-likeness (QED) is 0.894. The van der Waals surface area contributed by atoms with Crippen molar-refractivity contribution in [2.45, 2.75) is 19.4 Å². The summed E-state index contributed by atoms with van der Waals surface area (Å²) in [6, 6.07) is 10.6. The Labute approximate surface area is 107 Å². The van der Waals surface area contributed by atoms with Crippen molar-refractivity contribution in [3.8, 4) is 5.75 Å². The largest absolute Gasteiger partial charge is 0.493 e. The summed E-state index contributed by atoms with van der Waals surface area (Å²) in [5.41, 5.74) is 3.67. The lowest BCUT2D eigenvalue weighted by molar-refractivity contribution is 0.357. The minimum atomic E-state index is 0.272. The van der Waals surface area contributed by atoms with Crippen LogP contribution in [-0.2, 0) is 6.42 Å². The summed E-state index contributed by atoms with van der Waals surface area (Å²) in [6.07, 6.45) is 4.66. The highest BCUT2D eigenvalue weighted by molar-refractivity contribution is 5.53. The second-order valence-electron chi connectivity index (χ2n) is 4.57. The van der Waals surface area contributed by atoms with Crippen LogP contribution in [-0.4, -0.2) is 11.6 Å². The molecule has 3 rings (SSSR count). The Kier molecular flexibility index (Phi) is 2.89. The molecule has 0 amide bonds. The van der Waals surface area contributed by atoms with Gasteiger partial charge in [-0.25, -0.2) is 0 Å². The van der Waals surface area contributed by atoms with E-state index in [0.717, 1.165) is 24.5 Å². The maximum absolute atomic E-state index is 5.51. The van der Waals surface area contributed by atoms with Gasteiger partial charge in [-0.1, -0.05) is 0 Å². The third-order valence-corrected chi connectivity index (χ3v) is 3.28. The SMILES string of the molecule is CC(Nc1ccc2c(c1)CCO2)c1ccncc1. The normalized spacial score (nSPS) is 14.7. The van der Waals surface area contributed by atoms with Gasteiger partial charge in [0.2, 0.25) is 0 Å². The van der Waals surface area contributed by atoms with Crippen LogP contribution in [0.5, 0.6) is 5.75 Å². The fourth-order valence-electron chi connectivity index (χ4n) is 2.26. The lowest BCUT2D eigenvalue weighted by Crippen LogP contribution is -2.06. The number of aromatic nitrogens is 1. The van der Waals surface area contributed by atoms with Gasteiger partial charge in [0.15, 0.2) is 0 Å². The molecule has 1 aromatic heterocycles. The molecule has 2 aromatic rings. The fourth-order valence-corrected chi connectivity index (χ4v) is 2.26. The molecule has 0 bridgehead atoms. The highest BCUT2D eigenvalue weighted by Gasteiger charge is 2.13. The van der Waals surface area contributed by atoms with Crippen molar-refractivity contribution in [3.63, 3.8) is 0 Å². The van der Waals surface area contributed by atoms with Gasteiger partial charge in [-0.05, 0) is 48.4 Å². The maximum atomic E-state index is 5.51. The van der Waals surface area contributed by atoms with Crippen LogP contribution in [0.3, 0.4) is 0 Å². The number of fused-ring (bicyclic) bond motifs is 1. The van der Waals surface area contributed by atoms with Crippen LogP contribution in [0.1, 0.15) is 24.1 Å². The molecule has 0 radical (unpaired) electrons. The van der Waals surface area contributed by atoms with Gasteiger partial charge in [0, 0.05) is 30.5 Å².